The van der Waals surface area contributed by atoms with Crippen LogP contribution in [0, 0.1) is 11.8 Å². The van der Waals surface area contributed by atoms with Crippen LogP contribution < -0.4 is 10.6 Å². The van der Waals surface area contributed by atoms with E-state index in [1.165, 1.54) is 19.3 Å². The van der Waals surface area contributed by atoms with Gasteiger partial charge in [0.05, 0.1) is 0 Å². The Labute approximate surface area is 142 Å². The van der Waals surface area contributed by atoms with Crippen molar-refractivity contribution in [2.24, 2.45) is 11.8 Å². The first-order valence-electron chi connectivity index (χ1n) is 9.50. The van der Waals surface area contributed by atoms with E-state index in [1.54, 1.807) is 0 Å². The van der Waals surface area contributed by atoms with Gasteiger partial charge in [0, 0.05) is 18.1 Å². The van der Waals surface area contributed by atoms with E-state index >= 15 is 0 Å². The summed E-state index contributed by atoms with van der Waals surface area (Å²) in [5, 5.41) is 6.93. The third kappa shape index (κ3) is 5.98. The third-order valence-electron chi connectivity index (χ3n) is 5.60. The van der Waals surface area contributed by atoms with Gasteiger partial charge in [-0.25, -0.2) is 4.79 Å². The van der Waals surface area contributed by atoms with Crippen LogP contribution in [0.2, 0.25) is 0 Å². The molecule has 0 saturated heterocycles. The van der Waals surface area contributed by atoms with Gasteiger partial charge in [-0.15, -0.1) is 0 Å². The first kappa shape index (κ1) is 18.6. The van der Waals surface area contributed by atoms with Gasteiger partial charge >= 0.3 is 6.09 Å². The number of carbonyl (C=O) groups is 1. The number of hydrogen-bond acceptors (Lipinski definition) is 3. The molecule has 3 atom stereocenters. The minimum absolute atomic E-state index is 0.269. The Morgan fingerprint density at radius 3 is 2.17 bits per heavy atom. The second-order valence-electron chi connectivity index (χ2n) is 8.74. The van der Waals surface area contributed by atoms with Crippen molar-refractivity contribution in [2.45, 2.75) is 103 Å². The van der Waals surface area contributed by atoms with Gasteiger partial charge in [-0.1, -0.05) is 26.7 Å². The summed E-state index contributed by atoms with van der Waals surface area (Å²) < 4.78 is 5.35. The Kier molecular flexibility index (Phi) is 6.35. The molecule has 2 aliphatic rings. The molecule has 0 aliphatic heterocycles. The molecule has 0 aromatic rings. The maximum Gasteiger partial charge on any atom is 0.407 e. The Balaban J connectivity index is 1.70. The first-order valence-corrected chi connectivity index (χ1v) is 9.50. The topological polar surface area (TPSA) is 50.4 Å². The predicted molar refractivity (Wildman–Crippen MR) is 94.5 cm³/mol. The lowest BCUT2D eigenvalue weighted by Gasteiger charge is -2.39. The summed E-state index contributed by atoms with van der Waals surface area (Å²) >= 11 is 0. The molecule has 2 fully saturated rings. The van der Waals surface area contributed by atoms with Crippen LogP contribution in [0.3, 0.4) is 0 Å². The SMILES string of the molecule is CC1CCCC(NC2CCC(NC(=O)OC(C)(C)C)CC2)C1C. The molecule has 23 heavy (non-hydrogen) atoms. The van der Waals surface area contributed by atoms with Gasteiger partial charge in [0.15, 0.2) is 0 Å². The highest BCUT2D eigenvalue weighted by molar-refractivity contribution is 5.68. The number of alkyl carbamates (subject to hydrolysis) is 1. The van der Waals surface area contributed by atoms with E-state index in [-0.39, 0.29) is 12.1 Å². The van der Waals surface area contributed by atoms with Crippen LogP contribution in [-0.4, -0.2) is 29.8 Å². The molecule has 2 N–H and O–H groups in total. The Morgan fingerprint density at radius 1 is 0.957 bits per heavy atom. The average Bonchev–Trinajstić information content (AvgIpc) is 2.44. The number of rotatable bonds is 3. The summed E-state index contributed by atoms with van der Waals surface area (Å²) in [6.45, 7) is 10.5. The summed E-state index contributed by atoms with van der Waals surface area (Å²) in [7, 11) is 0. The number of nitrogens with one attached hydrogen (secondary N) is 2. The molecule has 4 heteroatoms. The number of ether oxygens (including phenoxy) is 1. The van der Waals surface area contributed by atoms with Crippen LogP contribution in [0.5, 0.6) is 0 Å². The summed E-state index contributed by atoms with van der Waals surface area (Å²) in [6.07, 6.45) is 8.19. The zero-order chi connectivity index (χ0) is 17.0. The van der Waals surface area contributed by atoms with Crippen molar-refractivity contribution in [1.82, 2.24) is 10.6 Å². The molecular formula is C19H36N2O2. The molecule has 134 valence electrons. The molecule has 0 heterocycles. The second kappa shape index (κ2) is 7.87. The van der Waals surface area contributed by atoms with Gasteiger partial charge < -0.3 is 15.4 Å². The van der Waals surface area contributed by atoms with Crippen LogP contribution in [0.1, 0.15) is 79.6 Å². The minimum atomic E-state index is -0.420. The molecular weight excluding hydrogens is 288 g/mol. The lowest BCUT2D eigenvalue weighted by Crippen LogP contribution is -2.49. The molecule has 0 radical (unpaired) electrons. The fourth-order valence-corrected chi connectivity index (χ4v) is 4.00. The average molecular weight is 325 g/mol. The van der Waals surface area contributed by atoms with Gasteiger partial charge in [0.25, 0.3) is 0 Å². The molecule has 3 unspecified atom stereocenters. The van der Waals surface area contributed by atoms with Crippen LogP contribution in [0.15, 0.2) is 0 Å². The summed E-state index contributed by atoms with van der Waals surface area (Å²) in [6, 6.07) is 1.56. The highest BCUT2D eigenvalue weighted by Crippen LogP contribution is 2.31. The zero-order valence-electron chi connectivity index (χ0n) is 15.7. The molecule has 2 rings (SSSR count). The number of carbonyl (C=O) groups excluding carboxylic acids is 1. The quantitative estimate of drug-likeness (QED) is 0.816. The van der Waals surface area contributed by atoms with Crippen molar-refractivity contribution in [3.05, 3.63) is 0 Å². The van der Waals surface area contributed by atoms with E-state index in [9.17, 15) is 4.79 Å². The summed E-state index contributed by atoms with van der Waals surface area (Å²) in [5.74, 6) is 1.62. The highest BCUT2D eigenvalue weighted by Gasteiger charge is 2.30. The maximum absolute atomic E-state index is 11.9. The molecule has 0 aromatic heterocycles. The Bertz CT molecular complexity index is 383. The highest BCUT2D eigenvalue weighted by atomic mass is 16.6. The van der Waals surface area contributed by atoms with E-state index in [4.69, 9.17) is 4.74 Å². The number of amides is 1. The molecule has 0 aromatic carbocycles. The fourth-order valence-electron chi connectivity index (χ4n) is 4.00. The maximum atomic E-state index is 11.9. The van der Waals surface area contributed by atoms with Crippen molar-refractivity contribution in [2.75, 3.05) is 0 Å². The van der Waals surface area contributed by atoms with E-state index in [2.05, 4.69) is 24.5 Å². The number of hydrogen-bond donors (Lipinski definition) is 2. The van der Waals surface area contributed by atoms with Gasteiger partial charge in [-0.2, -0.15) is 0 Å². The zero-order valence-corrected chi connectivity index (χ0v) is 15.7. The van der Waals surface area contributed by atoms with Crippen molar-refractivity contribution in [3.63, 3.8) is 0 Å². The lowest BCUT2D eigenvalue weighted by molar-refractivity contribution is 0.0487. The van der Waals surface area contributed by atoms with Crippen molar-refractivity contribution < 1.29 is 9.53 Å². The van der Waals surface area contributed by atoms with Crippen molar-refractivity contribution in [1.29, 1.82) is 0 Å². The fraction of sp³-hybridized carbons (Fsp3) is 0.947. The minimum Gasteiger partial charge on any atom is -0.444 e. The molecule has 0 bridgehead atoms. The van der Waals surface area contributed by atoms with Crippen LogP contribution in [-0.2, 0) is 4.74 Å². The van der Waals surface area contributed by atoms with Crippen LogP contribution in [0.25, 0.3) is 0 Å². The normalized spacial score (nSPS) is 35.6. The van der Waals surface area contributed by atoms with E-state index in [0.29, 0.717) is 12.1 Å². The van der Waals surface area contributed by atoms with Gasteiger partial charge in [0.2, 0.25) is 0 Å². The first-order chi connectivity index (χ1) is 10.7. The lowest BCUT2D eigenvalue weighted by atomic mass is 9.77. The summed E-state index contributed by atoms with van der Waals surface area (Å²) in [5.41, 5.74) is -0.420. The van der Waals surface area contributed by atoms with E-state index in [1.807, 2.05) is 20.8 Å². The Hall–Kier alpha value is -0.770. The van der Waals surface area contributed by atoms with E-state index < -0.39 is 5.60 Å². The van der Waals surface area contributed by atoms with Gasteiger partial charge in [0.1, 0.15) is 5.60 Å². The van der Waals surface area contributed by atoms with Crippen molar-refractivity contribution in [3.8, 4) is 0 Å². The monoisotopic (exact) mass is 324 g/mol. The molecule has 1 amide bonds. The van der Waals surface area contributed by atoms with E-state index in [0.717, 1.165) is 37.5 Å². The molecule has 4 nitrogen and oxygen atoms in total. The van der Waals surface area contributed by atoms with Crippen LogP contribution >= 0.6 is 0 Å². The third-order valence-corrected chi connectivity index (χ3v) is 5.60. The smallest absolute Gasteiger partial charge is 0.407 e. The van der Waals surface area contributed by atoms with Gasteiger partial charge in [-0.05, 0) is 64.7 Å². The molecule has 2 aliphatic carbocycles. The van der Waals surface area contributed by atoms with Crippen LogP contribution in [0.4, 0.5) is 4.79 Å². The standard InChI is InChI=1S/C19H36N2O2/c1-13-7-6-8-17(14(13)2)20-15-9-11-16(12-10-15)21-18(22)23-19(3,4)5/h13-17,20H,6-12H2,1-5H3,(H,21,22). The largest absolute Gasteiger partial charge is 0.444 e. The predicted octanol–water partition coefficient (Wildman–Crippen LogP) is 4.24. The molecule has 2 saturated carbocycles. The summed E-state index contributed by atoms with van der Waals surface area (Å²) in [4.78, 5) is 11.9. The van der Waals surface area contributed by atoms with Gasteiger partial charge in [-0.3, -0.25) is 0 Å². The Morgan fingerprint density at radius 2 is 1.57 bits per heavy atom. The second-order valence-corrected chi connectivity index (χ2v) is 8.74. The van der Waals surface area contributed by atoms with Crippen molar-refractivity contribution >= 4 is 6.09 Å². The molecule has 0 spiro atoms.